The zero-order chi connectivity index (χ0) is 17.3. The van der Waals surface area contributed by atoms with E-state index in [0.29, 0.717) is 24.0 Å². The van der Waals surface area contributed by atoms with E-state index >= 15 is 0 Å². The zero-order valence-corrected chi connectivity index (χ0v) is 16.1. The Morgan fingerprint density at radius 3 is 2.68 bits per heavy atom. The molecule has 1 aliphatic carbocycles. The van der Waals surface area contributed by atoms with Crippen LogP contribution in [0.2, 0.25) is 0 Å². The van der Waals surface area contributed by atoms with Crippen LogP contribution in [0.25, 0.3) is 0 Å². The molecular weight excluding hydrogens is 310 g/mol. The van der Waals surface area contributed by atoms with E-state index in [1.165, 1.54) is 57.9 Å². The standard InChI is InChI=1S/C21H39N3O/c1-15-5-2-3-7-17-13-21(25,8-10-22-17)18-11-16-6-4-9-23-19(16)12-20(18)24-14-15/h15-20,22-25H,2-14H2,1H3. The molecule has 0 radical (unpaired) electrons. The summed E-state index contributed by atoms with van der Waals surface area (Å²) in [7, 11) is 0. The van der Waals surface area contributed by atoms with Crippen molar-refractivity contribution in [3.8, 4) is 0 Å². The molecule has 4 N–H and O–H groups in total. The molecule has 4 aliphatic rings. The first-order valence-electron chi connectivity index (χ1n) is 11.1. The summed E-state index contributed by atoms with van der Waals surface area (Å²) in [5.74, 6) is 1.96. The van der Waals surface area contributed by atoms with Gasteiger partial charge in [0, 0.05) is 24.0 Å². The lowest BCUT2D eigenvalue weighted by atomic mass is 9.63. The molecule has 0 spiro atoms. The fourth-order valence-electron chi connectivity index (χ4n) is 6.30. The summed E-state index contributed by atoms with van der Waals surface area (Å²) >= 11 is 0. The van der Waals surface area contributed by atoms with E-state index in [2.05, 4.69) is 22.9 Å². The predicted octanol–water partition coefficient (Wildman–Crippen LogP) is 2.42. The molecule has 4 fully saturated rings. The van der Waals surface area contributed by atoms with Gasteiger partial charge in [0.15, 0.2) is 0 Å². The summed E-state index contributed by atoms with van der Waals surface area (Å²) in [5.41, 5.74) is -0.460. The Morgan fingerprint density at radius 2 is 1.76 bits per heavy atom. The quantitative estimate of drug-likeness (QED) is 0.542. The highest BCUT2D eigenvalue weighted by molar-refractivity contribution is 5.05. The highest BCUT2D eigenvalue weighted by atomic mass is 16.3. The van der Waals surface area contributed by atoms with Crippen molar-refractivity contribution in [1.29, 1.82) is 0 Å². The third-order valence-corrected chi connectivity index (χ3v) is 7.79. The maximum absolute atomic E-state index is 11.7. The molecule has 1 saturated carbocycles. The van der Waals surface area contributed by atoms with Crippen LogP contribution >= 0.6 is 0 Å². The van der Waals surface area contributed by atoms with Crippen LogP contribution in [0.15, 0.2) is 0 Å². The largest absolute Gasteiger partial charge is 0.389 e. The summed E-state index contributed by atoms with van der Waals surface area (Å²) in [6.07, 6.45) is 12.2. The summed E-state index contributed by atoms with van der Waals surface area (Å²) in [6.45, 7) is 5.70. The Balaban J connectivity index is 1.55. The number of hydrogen-bond donors (Lipinski definition) is 4. The van der Waals surface area contributed by atoms with Crippen LogP contribution in [0.5, 0.6) is 0 Å². The van der Waals surface area contributed by atoms with Gasteiger partial charge in [0.1, 0.15) is 0 Å². The molecule has 3 saturated heterocycles. The van der Waals surface area contributed by atoms with E-state index in [0.717, 1.165) is 37.8 Å². The lowest BCUT2D eigenvalue weighted by Crippen LogP contribution is -2.62. The first-order chi connectivity index (χ1) is 12.1. The maximum Gasteiger partial charge on any atom is 0.0717 e. The van der Waals surface area contributed by atoms with Gasteiger partial charge in [-0.1, -0.05) is 19.8 Å². The van der Waals surface area contributed by atoms with Gasteiger partial charge in [0.25, 0.3) is 0 Å². The molecule has 0 aromatic heterocycles. The molecule has 7 unspecified atom stereocenters. The second-order valence-electron chi connectivity index (χ2n) is 9.65. The summed E-state index contributed by atoms with van der Waals surface area (Å²) < 4.78 is 0. The Bertz CT molecular complexity index is 445. The van der Waals surface area contributed by atoms with Crippen LogP contribution < -0.4 is 16.0 Å². The van der Waals surface area contributed by atoms with Crippen LogP contribution in [-0.2, 0) is 0 Å². The van der Waals surface area contributed by atoms with Crippen molar-refractivity contribution in [1.82, 2.24) is 16.0 Å². The van der Waals surface area contributed by atoms with Gasteiger partial charge in [-0.05, 0) is 82.8 Å². The van der Waals surface area contributed by atoms with E-state index in [4.69, 9.17) is 0 Å². The molecule has 0 aromatic rings. The summed E-state index contributed by atoms with van der Waals surface area (Å²) in [4.78, 5) is 0. The van der Waals surface area contributed by atoms with Crippen LogP contribution in [0, 0.1) is 17.8 Å². The van der Waals surface area contributed by atoms with E-state index < -0.39 is 5.60 Å². The van der Waals surface area contributed by atoms with Crippen molar-refractivity contribution in [2.75, 3.05) is 19.6 Å². The topological polar surface area (TPSA) is 56.3 Å². The second kappa shape index (κ2) is 7.84. The molecule has 25 heavy (non-hydrogen) atoms. The number of fused-ring (bicyclic) bond motifs is 5. The van der Waals surface area contributed by atoms with Gasteiger partial charge in [-0.3, -0.25) is 0 Å². The van der Waals surface area contributed by atoms with Crippen molar-refractivity contribution < 1.29 is 5.11 Å². The number of aliphatic hydroxyl groups is 1. The minimum absolute atomic E-state index is 0.435. The molecule has 7 atom stereocenters. The Labute approximate surface area is 153 Å². The van der Waals surface area contributed by atoms with Crippen LogP contribution in [0.1, 0.15) is 71.1 Å². The molecule has 0 amide bonds. The van der Waals surface area contributed by atoms with Crippen molar-refractivity contribution >= 4 is 0 Å². The average Bonchev–Trinajstić information content (AvgIpc) is 2.62. The lowest BCUT2D eigenvalue weighted by Gasteiger charge is -2.52. The first kappa shape index (κ1) is 18.2. The molecule has 4 rings (SSSR count). The molecule has 0 aromatic carbocycles. The molecule has 144 valence electrons. The molecule has 3 aliphatic heterocycles. The lowest BCUT2D eigenvalue weighted by molar-refractivity contribution is -0.0924. The Hall–Kier alpha value is -0.160. The van der Waals surface area contributed by atoms with Gasteiger partial charge in [0.05, 0.1) is 5.60 Å². The van der Waals surface area contributed by atoms with Gasteiger partial charge in [-0.15, -0.1) is 0 Å². The van der Waals surface area contributed by atoms with Crippen molar-refractivity contribution in [2.24, 2.45) is 17.8 Å². The van der Waals surface area contributed by atoms with Crippen LogP contribution in [0.3, 0.4) is 0 Å². The maximum atomic E-state index is 11.7. The smallest absolute Gasteiger partial charge is 0.0717 e. The average molecular weight is 350 g/mol. The Kier molecular flexibility index (Phi) is 5.71. The van der Waals surface area contributed by atoms with E-state index in [9.17, 15) is 5.11 Å². The van der Waals surface area contributed by atoms with Crippen molar-refractivity contribution in [2.45, 2.75) is 94.9 Å². The predicted molar refractivity (Wildman–Crippen MR) is 103 cm³/mol. The number of piperidine rings is 2. The highest BCUT2D eigenvalue weighted by Crippen LogP contribution is 2.44. The van der Waals surface area contributed by atoms with Gasteiger partial charge >= 0.3 is 0 Å². The summed E-state index contributed by atoms with van der Waals surface area (Å²) in [5, 5.41) is 23.2. The fourth-order valence-corrected chi connectivity index (χ4v) is 6.30. The fraction of sp³-hybridized carbons (Fsp3) is 1.00. The number of rotatable bonds is 0. The zero-order valence-electron chi connectivity index (χ0n) is 16.1. The van der Waals surface area contributed by atoms with Crippen molar-refractivity contribution in [3.63, 3.8) is 0 Å². The number of nitrogens with one attached hydrogen (secondary N) is 3. The third-order valence-electron chi connectivity index (χ3n) is 7.79. The van der Waals surface area contributed by atoms with E-state index in [1.54, 1.807) is 0 Å². The minimum Gasteiger partial charge on any atom is -0.389 e. The van der Waals surface area contributed by atoms with Gasteiger partial charge in [-0.25, -0.2) is 0 Å². The van der Waals surface area contributed by atoms with Gasteiger partial charge in [-0.2, -0.15) is 0 Å². The number of hydrogen-bond acceptors (Lipinski definition) is 4. The third kappa shape index (κ3) is 4.07. The molecule has 3 heterocycles. The molecule has 4 heteroatoms. The monoisotopic (exact) mass is 349 g/mol. The van der Waals surface area contributed by atoms with Crippen LogP contribution in [0.4, 0.5) is 0 Å². The van der Waals surface area contributed by atoms with Crippen molar-refractivity contribution in [3.05, 3.63) is 0 Å². The van der Waals surface area contributed by atoms with E-state index in [-0.39, 0.29) is 0 Å². The highest BCUT2D eigenvalue weighted by Gasteiger charge is 2.49. The molecule has 4 nitrogen and oxygen atoms in total. The molecule has 2 bridgehead atoms. The first-order valence-corrected chi connectivity index (χ1v) is 11.1. The van der Waals surface area contributed by atoms with E-state index in [1.807, 2.05) is 0 Å². The molecular formula is C21H39N3O. The summed E-state index contributed by atoms with van der Waals surface area (Å²) in [6, 6.07) is 1.68. The second-order valence-corrected chi connectivity index (χ2v) is 9.65. The normalized spacial score (nSPS) is 49.2. The van der Waals surface area contributed by atoms with Gasteiger partial charge in [0.2, 0.25) is 0 Å². The Morgan fingerprint density at radius 1 is 0.880 bits per heavy atom. The SMILES string of the molecule is CC1CCCCC2CC(O)(CCN2)C2CC3CCCNC3CC2NC1. The van der Waals surface area contributed by atoms with Crippen LogP contribution in [-0.4, -0.2) is 48.5 Å². The van der Waals surface area contributed by atoms with Gasteiger partial charge < -0.3 is 21.1 Å². The minimum atomic E-state index is -0.460.